The van der Waals surface area contributed by atoms with Crippen molar-refractivity contribution in [3.05, 3.63) is 49.1 Å². The Bertz CT molecular complexity index is 759. The summed E-state index contributed by atoms with van der Waals surface area (Å²) in [5.41, 5.74) is 0.310. The van der Waals surface area contributed by atoms with Crippen molar-refractivity contribution in [2.24, 2.45) is 0 Å². The maximum absolute atomic E-state index is 11.0. The number of carbonyl (C=O) groups excluding carboxylic acids is 3. The van der Waals surface area contributed by atoms with Crippen molar-refractivity contribution >= 4 is 42.5 Å². The molecule has 39 heavy (non-hydrogen) atoms. The number of aliphatic carboxylic acids is 2. The standard InChI is InChI=1S/C10H14O4.C8H12O4.C7H12O2.C2H6OS/c1-6(2)10(13)14-8(4)5-7(3)9(11)12;1-2-3-6-12-8(11)5-4-7(9)10;1-3-5-6-9-7(8)4-2;3-1-2-4/h8H,1,3,5H2,2,4H3,(H,11,12);4-5H,2-3,6H2,1H3,(H,9,10);4H,2-3,5-6H2,1H3;3-4H,1-2H2/b;5-4-;;. The molecule has 0 aliphatic rings. The fraction of sp³-hybridized carbons (Fsp3) is 0.519. The number of carboxylic acid groups (broad SMARTS) is 2. The van der Waals surface area contributed by atoms with Gasteiger partial charge in [0.2, 0.25) is 0 Å². The van der Waals surface area contributed by atoms with E-state index in [0.717, 1.165) is 37.8 Å². The van der Waals surface area contributed by atoms with Crippen LogP contribution in [0.2, 0.25) is 0 Å². The summed E-state index contributed by atoms with van der Waals surface area (Å²) in [6.07, 6.45) is 6.17. The van der Waals surface area contributed by atoms with Crippen molar-refractivity contribution in [1.82, 2.24) is 0 Å². The van der Waals surface area contributed by atoms with E-state index in [1.54, 1.807) is 6.92 Å². The van der Waals surface area contributed by atoms with E-state index in [1.807, 2.05) is 13.8 Å². The first-order chi connectivity index (χ1) is 18.2. The van der Waals surface area contributed by atoms with Crippen LogP contribution in [-0.4, -0.2) is 76.8 Å². The number of hydrogen-bond donors (Lipinski definition) is 4. The van der Waals surface area contributed by atoms with Crippen LogP contribution in [0.5, 0.6) is 0 Å². The van der Waals surface area contributed by atoms with E-state index >= 15 is 0 Å². The third-order valence-electron chi connectivity index (χ3n) is 3.61. The number of carboxylic acids is 2. The van der Waals surface area contributed by atoms with E-state index in [4.69, 9.17) is 20.1 Å². The molecule has 0 saturated carbocycles. The van der Waals surface area contributed by atoms with Gasteiger partial charge in [-0.3, -0.25) is 0 Å². The number of aliphatic hydroxyl groups is 1. The lowest BCUT2D eigenvalue weighted by molar-refractivity contribution is -0.144. The Labute approximate surface area is 236 Å². The van der Waals surface area contributed by atoms with Crippen molar-refractivity contribution in [1.29, 1.82) is 0 Å². The van der Waals surface area contributed by atoms with E-state index in [-0.39, 0.29) is 30.1 Å². The van der Waals surface area contributed by atoms with Crippen molar-refractivity contribution in [3.8, 4) is 0 Å². The Hall–Kier alpha value is -3.38. The van der Waals surface area contributed by atoms with Crippen molar-refractivity contribution < 1.29 is 53.5 Å². The SMILES string of the molecule is C=C(C)C(=O)OC(C)CC(=C)C(=O)O.C=CC(=O)OCCCC.CCCCOC(=O)/C=C\C(=O)O.OCCS. The highest BCUT2D eigenvalue weighted by Gasteiger charge is 2.14. The molecule has 1 atom stereocenters. The third-order valence-corrected chi connectivity index (χ3v) is 3.81. The fourth-order valence-electron chi connectivity index (χ4n) is 1.64. The van der Waals surface area contributed by atoms with E-state index in [2.05, 4.69) is 41.8 Å². The number of unbranched alkanes of at least 4 members (excludes halogenated alkanes) is 2. The van der Waals surface area contributed by atoms with Crippen LogP contribution in [0.3, 0.4) is 0 Å². The van der Waals surface area contributed by atoms with Crippen molar-refractivity contribution in [2.45, 2.75) is 65.9 Å². The number of rotatable bonds is 15. The van der Waals surface area contributed by atoms with Crippen LogP contribution in [0.4, 0.5) is 0 Å². The van der Waals surface area contributed by atoms with Gasteiger partial charge in [-0.25, -0.2) is 24.0 Å². The molecule has 11 nitrogen and oxygen atoms in total. The molecule has 224 valence electrons. The Morgan fingerprint density at radius 2 is 1.38 bits per heavy atom. The summed E-state index contributed by atoms with van der Waals surface area (Å²) >= 11 is 3.67. The maximum atomic E-state index is 11.0. The molecule has 0 rings (SSSR count). The zero-order valence-electron chi connectivity index (χ0n) is 23.3. The van der Waals surface area contributed by atoms with Gasteiger partial charge in [0.1, 0.15) is 6.10 Å². The lowest BCUT2D eigenvalue weighted by atomic mass is 10.1. The Kier molecular flexibility index (Phi) is 33.8. The molecule has 0 saturated heterocycles. The summed E-state index contributed by atoms with van der Waals surface area (Å²) < 4.78 is 14.2. The first-order valence-electron chi connectivity index (χ1n) is 12.1. The third kappa shape index (κ3) is 39.3. The van der Waals surface area contributed by atoms with Gasteiger partial charge in [0.25, 0.3) is 0 Å². The van der Waals surface area contributed by atoms with Crippen molar-refractivity contribution in [2.75, 3.05) is 25.6 Å². The first kappa shape index (κ1) is 42.7. The predicted octanol–water partition coefficient (Wildman–Crippen LogP) is 3.92. The number of ether oxygens (including phenoxy) is 3. The second-order valence-electron chi connectivity index (χ2n) is 7.47. The minimum Gasteiger partial charge on any atom is -0.478 e. The van der Waals surface area contributed by atoms with Crippen LogP contribution >= 0.6 is 12.6 Å². The second-order valence-corrected chi connectivity index (χ2v) is 7.92. The zero-order valence-corrected chi connectivity index (χ0v) is 24.2. The molecule has 0 aromatic carbocycles. The number of hydrogen-bond acceptors (Lipinski definition) is 10. The molecule has 0 aliphatic heterocycles. The molecule has 0 radical (unpaired) electrons. The van der Waals surface area contributed by atoms with Crippen LogP contribution in [0.1, 0.15) is 59.8 Å². The van der Waals surface area contributed by atoms with Crippen LogP contribution in [0.15, 0.2) is 49.1 Å². The van der Waals surface area contributed by atoms with Gasteiger partial charge in [-0.1, -0.05) is 46.4 Å². The number of aliphatic hydroxyl groups excluding tert-OH is 1. The van der Waals surface area contributed by atoms with Gasteiger partial charge in [-0.2, -0.15) is 12.6 Å². The smallest absolute Gasteiger partial charge is 0.333 e. The van der Waals surface area contributed by atoms with Crippen LogP contribution < -0.4 is 0 Å². The first-order valence-corrected chi connectivity index (χ1v) is 12.7. The highest BCUT2D eigenvalue weighted by Crippen LogP contribution is 2.08. The molecule has 0 amide bonds. The molecular weight excluding hydrogens is 532 g/mol. The summed E-state index contributed by atoms with van der Waals surface area (Å²) in [5, 5.41) is 24.5. The van der Waals surface area contributed by atoms with Gasteiger partial charge in [0.15, 0.2) is 0 Å². The minimum absolute atomic E-state index is 0.0204. The summed E-state index contributed by atoms with van der Waals surface area (Å²) in [6.45, 7) is 18.2. The van der Waals surface area contributed by atoms with Crippen LogP contribution in [0, 0.1) is 0 Å². The van der Waals surface area contributed by atoms with E-state index in [9.17, 15) is 24.0 Å². The summed E-state index contributed by atoms with van der Waals surface area (Å²) in [7, 11) is 0. The molecule has 0 fully saturated rings. The molecular formula is C27H44O11S. The molecule has 12 heteroatoms. The van der Waals surface area contributed by atoms with Crippen LogP contribution in [0.25, 0.3) is 0 Å². The maximum Gasteiger partial charge on any atom is 0.333 e. The van der Waals surface area contributed by atoms with Crippen molar-refractivity contribution in [3.63, 3.8) is 0 Å². The molecule has 1 unspecified atom stereocenters. The molecule has 0 spiro atoms. The molecule has 0 aliphatic carbocycles. The van der Waals surface area contributed by atoms with E-state index < -0.39 is 30.0 Å². The summed E-state index contributed by atoms with van der Waals surface area (Å²) in [5.74, 6) is -3.12. The largest absolute Gasteiger partial charge is 0.478 e. The quantitative estimate of drug-likeness (QED) is 0.0731. The lowest BCUT2D eigenvalue weighted by Crippen LogP contribution is -2.17. The van der Waals surface area contributed by atoms with E-state index in [0.29, 0.717) is 19.0 Å². The van der Waals surface area contributed by atoms with Gasteiger partial charge >= 0.3 is 29.8 Å². The topological polar surface area (TPSA) is 174 Å². The van der Waals surface area contributed by atoms with Gasteiger partial charge in [-0.15, -0.1) is 0 Å². The zero-order chi connectivity index (χ0) is 31.2. The molecule has 0 aromatic rings. The monoisotopic (exact) mass is 576 g/mol. The minimum atomic E-state index is -1.15. The lowest BCUT2D eigenvalue weighted by Gasteiger charge is -2.12. The Balaban J connectivity index is -0.000000224. The number of esters is 3. The molecule has 0 heterocycles. The van der Waals surface area contributed by atoms with E-state index in [1.165, 1.54) is 13.0 Å². The number of carbonyl (C=O) groups is 5. The van der Waals surface area contributed by atoms with Gasteiger partial charge < -0.3 is 29.5 Å². The molecule has 0 aromatic heterocycles. The van der Waals surface area contributed by atoms with Gasteiger partial charge in [0, 0.05) is 41.5 Å². The Morgan fingerprint density at radius 3 is 1.72 bits per heavy atom. The van der Waals surface area contributed by atoms with Gasteiger partial charge in [-0.05, 0) is 26.7 Å². The summed E-state index contributed by atoms with van der Waals surface area (Å²) in [4.78, 5) is 52.3. The van der Waals surface area contributed by atoms with Crippen LogP contribution in [-0.2, 0) is 38.2 Å². The van der Waals surface area contributed by atoms with Gasteiger partial charge in [0.05, 0.1) is 19.8 Å². The normalized spacial score (nSPS) is 10.0. The highest BCUT2D eigenvalue weighted by molar-refractivity contribution is 7.80. The predicted molar refractivity (Wildman–Crippen MR) is 151 cm³/mol. The summed E-state index contributed by atoms with van der Waals surface area (Å²) in [6, 6.07) is 0. The molecule has 3 N–H and O–H groups in total. The number of thiol groups is 1. The average Bonchev–Trinajstić information content (AvgIpc) is 2.88. The highest BCUT2D eigenvalue weighted by atomic mass is 32.1. The molecule has 0 bridgehead atoms. The average molecular weight is 577 g/mol. The fourth-order valence-corrected chi connectivity index (χ4v) is 1.64. The second kappa shape index (κ2) is 30.8. The Morgan fingerprint density at radius 1 is 0.923 bits per heavy atom.